The second-order valence-corrected chi connectivity index (χ2v) is 13.9. The molecule has 0 N–H and O–H groups in total. The predicted molar refractivity (Wildman–Crippen MR) is 217 cm³/mol. The Labute approximate surface area is 290 Å². The quantitative estimate of drug-likeness (QED) is 0.166. The summed E-state index contributed by atoms with van der Waals surface area (Å²) in [5.74, 6) is 0. The molecular weight excluding hydrogens is 589 g/mol. The summed E-state index contributed by atoms with van der Waals surface area (Å²) in [5.41, 5.74) is 16.5. The lowest BCUT2D eigenvalue weighted by molar-refractivity contribution is 1.10. The fraction of sp³-hybridized carbons (Fsp3) is 0.184. The number of allylic oxidation sites excluding steroid dienone is 1. The molecule has 0 bridgehead atoms. The highest BCUT2D eigenvalue weighted by Crippen LogP contribution is 2.53. The highest BCUT2D eigenvalue weighted by molar-refractivity contribution is 6.25. The van der Waals surface area contributed by atoms with Crippen molar-refractivity contribution in [3.05, 3.63) is 148 Å². The minimum atomic E-state index is 1.04. The molecule has 1 aliphatic carbocycles. The van der Waals surface area contributed by atoms with E-state index in [4.69, 9.17) is 0 Å². The van der Waals surface area contributed by atoms with E-state index in [0.717, 1.165) is 6.42 Å². The van der Waals surface area contributed by atoms with Gasteiger partial charge in [0.1, 0.15) is 0 Å². The number of hydrogen-bond acceptors (Lipinski definition) is 0. The van der Waals surface area contributed by atoms with Gasteiger partial charge in [0.15, 0.2) is 0 Å². The fourth-order valence-electron chi connectivity index (χ4n) is 8.66. The summed E-state index contributed by atoms with van der Waals surface area (Å²) in [7, 11) is 0. The van der Waals surface area contributed by atoms with Crippen LogP contribution >= 0.6 is 0 Å². The zero-order chi connectivity index (χ0) is 34.1. The van der Waals surface area contributed by atoms with Crippen LogP contribution in [0.25, 0.3) is 81.7 Å². The van der Waals surface area contributed by atoms with Gasteiger partial charge in [0.05, 0.1) is 0 Å². The van der Waals surface area contributed by atoms with E-state index in [1.54, 1.807) is 0 Å². The lowest BCUT2D eigenvalue weighted by Gasteiger charge is -2.19. The Morgan fingerprint density at radius 3 is 1.80 bits per heavy atom. The lowest BCUT2D eigenvalue weighted by atomic mass is 9.84. The average molecular weight is 633 g/mol. The normalized spacial score (nSPS) is 13.2. The zero-order valence-corrected chi connectivity index (χ0v) is 30.1. The van der Waals surface area contributed by atoms with Crippen molar-refractivity contribution in [2.45, 2.75) is 61.8 Å². The van der Waals surface area contributed by atoms with Crippen LogP contribution in [0, 0.1) is 27.7 Å². The molecule has 0 spiro atoms. The van der Waals surface area contributed by atoms with Gasteiger partial charge < -0.3 is 0 Å². The van der Waals surface area contributed by atoms with Crippen molar-refractivity contribution in [2.24, 2.45) is 0 Å². The monoisotopic (exact) mass is 632 g/mol. The van der Waals surface area contributed by atoms with Gasteiger partial charge >= 0.3 is 0 Å². The van der Waals surface area contributed by atoms with Crippen LogP contribution in [0.15, 0.2) is 115 Å². The van der Waals surface area contributed by atoms with Gasteiger partial charge in [-0.2, -0.15) is 0 Å². The molecule has 0 atom stereocenters. The third-order valence-electron chi connectivity index (χ3n) is 11.0. The van der Waals surface area contributed by atoms with Crippen molar-refractivity contribution in [3.63, 3.8) is 0 Å². The predicted octanol–water partition coefficient (Wildman–Crippen LogP) is 14.6. The maximum Gasteiger partial charge on any atom is -0.00637 e. The first-order chi connectivity index (χ1) is 23.8. The molecular formula is C49H44. The zero-order valence-electron chi connectivity index (χ0n) is 30.1. The second kappa shape index (κ2) is 11.7. The van der Waals surface area contributed by atoms with Gasteiger partial charge in [-0.1, -0.05) is 128 Å². The van der Waals surface area contributed by atoms with Gasteiger partial charge in [-0.15, -0.1) is 0 Å². The first-order valence-electron chi connectivity index (χ1n) is 18.0. The van der Waals surface area contributed by atoms with Crippen molar-refractivity contribution in [1.29, 1.82) is 0 Å². The molecule has 0 amide bonds. The molecule has 8 aromatic rings. The average Bonchev–Trinajstić information content (AvgIpc) is 3.46. The molecule has 240 valence electrons. The Kier molecular flexibility index (Phi) is 7.45. The van der Waals surface area contributed by atoms with Gasteiger partial charge in [0.2, 0.25) is 0 Å². The molecule has 0 nitrogen and oxygen atoms in total. The van der Waals surface area contributed by atoms with Crippen LogP contribution in [0.2, 0.25) is 0 Å². The Balaban J connectivity index is 0.00000171. The van der Waals surface area contributed by atoms with Crippen molar-refractivity contribution >= 4 is 59.4 Å². The summed E-state index contributed by atoms with van der Waals surface area (Å²) in [6.07, 6.45) is 1.04. The van der Waals surface area contributed by atoms with E-state index in [1.807, 2.05) is 13.8 Å². The summed E-state index contributed by atoms with van der Waals surface area (Å²) in [5, 5.41) is 13.2. The smallest absolute Gasteiger partial charge is 0.00637 e. The number of rotatable bonds is 2. The van der Waals surface area contributed by atoms with Crippen LogP contribution in [-0.2, 0) is 0 Å². The van der Waals surface area contributed by atoms with Gasteiger partial charge in [0.25, 0.3) is 0 Å². The Hall–Kier alpha value is -5.20. The van der Waals surface area contributed by atoms with Crippen molar-refractivity contribution < 1.29 is 0 Å². The molecule has 0 saturated heterocycles. The number of hydrogen-bond donors (Lipinski definition) is 0. The molecule has 49 heavy (non-hydrogen) atoms. The molecule has 9 rings (SSSR count). The van der Waals surface area contributed by atoms with E-state index in [2.05, 4.69) is 151 Å². The van der Waals surface area contributed by atoms with Crippen molar-refractivity contribution in [2.75, 3.05) is 0 Å². The van der Waals surface area contributed by atoms with Crippen LogP contribution in [0.3, 0.4) is 0 Å². The highest BCUT2D eigenvalue weighted by atomic mass is 14.3. The highest BCUT2D eigenvalue weighted by Gasteiger charge is 2.30. The van der Waals surface area contributed by atoms with Crippen molar-refractivity contribution in [1.82, 2.24) is 0 Å². The molecule has 0 heterocycles. The maximum atomic E-state index is 2.52. The third kappa shape index (κ3) is 4.57. The van der Waals surface area contributed by atoms with Gasteiger partial charge in [-0.25, -0.2) is 0 Å². The van der Waals surface area contributed by atoms with E-state index in [1.165, 1.54) is 121 Å². The van der Waals surface area contributed by atoms with Crippen LogP contribution in [-0.4, -0.2) is 0 Å². The topological polar surface area (TPSA) is 0 Å². The van der Waals surface area contributed by atoms with Gasteiger partial charge in [0, 0.05) is 0 Å². The summed E-state index contributed by atoms with van der Waals surface area (Å²) in [6.45, 7) is 17.7. The molecule has 8 aromatic carbocycles. The summed E-state index contributed by atoms with van der Waals surface area (Å²) in [4.78, 5) is 0. The van der Waals surface area contributed by atoms with E-state index < -0.39 is 0 Å². The van der Waals surface area contributed by atoms with E-state index in [0.29, 0.717) is 0 Å². The van der Waals surface area contributed by atoms with E-state index >= 15 is 0 Å². The third-order valence-corrected chi connectivity index (χ3v) is 11.0. The lowest BCUT2D eigenvalue weighted by Crippen LogP contribution is -1.95. The Morgan fingerprint density at radius 1 is 0.449 bits per heavy atom. The van der Waals surface area contributed by atoms with E-state index in [9.17, 15) is 0 Å². The Bertz CT molecular complexity index is 2700. The standard InChI is InChI=1S/C47H38.C2H6/c1-7-28(4)46-45-29(5)20-27(3)22-43(45)44-25-40-36-18-16-26(2)21-38(36)42(23-37(40)30(6)47(44)46)41-24-39-32-13-9-8-12-31(32)17-19-35(39)33-14-10-11-15-34(33)41;1-2/h8-25H,7H2,1-6H3;1-2H3/b46-28-;. The fourth-order valence-corrected chi connectivity index (χ4v) is 8.66. The molecule has 0 radical (unpaired) electrons. The SMILES string of the molecule is CC.CC/C(C)=C1/c2c(C)cc(C)cc2-c2cc3c(cc(-c4cc5c6ccccc6ccc5c5ccccc45)c4cc(C)ccc43)c(C)c21. The van der Waals surface area contributed by atoms with Crippen LogP contribution in [0.1, 0.15) is 67.5 Å². The van der Waals surface area contributed by atoms with Crippen LogP contribution in [0.5, 0.6) is 0 Å². The van der Waals surface area contributed by atoms with E-state index in [-0.39, 0.29) is 0 Å². The number of fused-ring (bicyclic) bond motifs is 11. The summed E-state index contributed by atoms with van der Waals surface area (Å²) in [6, 6.07) is 41.7. The second-order valence-electron chi connectivity index (χ2n) is 13.9. The number of aryl methyl sites for hydroxylation is 4. The Morgan fingerprint density at radius 2 is 1.02 bits per heavy atom. The van der Waals surface area contributed by atoms with Gasteiger partial charge in [-0.05, 0) is 163 Å². The first-order valence-corrected chi connectivity index (χ1v) is 18.0. The number of benzene rings is 8. The van der Waals surface area contributed by atoms with Crippen LogP contribution in [0.4, 0.5) is 0 Å². The van der Waals surface area contributed by atoms with Gasteiger partial charge in [-0.3, -0.25) is 0 Å². The van der Waals surface area contributed by atoms with Crippen molar-refractivity contribution in [3.8, 4) is 22.3 Å². The summed E-state index contributed by atoms with van der Waals surface area (Å²) < 4.78 is 0. The molecule has 1 aliphatic rings. The molecule has 0 aliphatic heterocycles. The molecule has 0 saturated carbocycles. The first kappa shape index (κ1) is 31.1. The minimum absolute atomic E-state index is 1.04. The minimum Gasteiger partial charge on any atom is -0.0683 e. The molecule has 0 unspecified atom stereocenters. The summed E-state index contributed by atoms with van der Waals surface area (Å²) >= 11 is 0. The molecule has 0 heteroatoms. The largest absolute Gasteiger partial charge is 0.0683 e. The molecule has 0 aromatic heterocycles. The van der Waals surface area contributed by atoms with Crippen LogP contribution < -0.4 is 0 Å². The molecule has 0 fully saturated rings. The maximum absolute atomic E-state index is 2.52.